The first-order valence-corrected chi connectivity index (χ1v) is 6.42. The molecule has 0 radical (unpaired) electrons. The monoisotopic (exact) mass is 284 g/mol. The number of rotatable bonds is 4. The molecule has 2 aromatic carbocycles. The van der Waals surface area contributed by atoms with E-state index in [0.717, 1.165) is 5.56 Å². The summed E-state index contributed by atoms with van der Waals surface area (Å²) in [5, 5.41) is 2.71. The number of anilines is 2. The first-order chi connectivity index (χ1) is 10.1. The number of para-hydroxylation sites is 1. The summed E-state index contributed by atoms with van der Waals surface area (Å²) in [7, 11) is 1.30. The van der Waals surface area contributed by atoms with Gasteiger partial charge in [-0.2, -0.15) is 0 Å². The lowest BCUT2D eigenvalue weighted by Gasteiger charge is -2.09. The molecule has 0 fully saturated rings. The maximum absolute atomic E-state index is 12.1. The van der Waals surface area contributed by atoms with Crippen molar-refractivity contribution >= 4 is 23.3 Å². The lowest BCUT2D eigenvalue weighted by molar-refractivity contribution is -0.115. The van der Waals surface area contributed by atoms with Gasteiger partial charge in [-0.15, -0.1) is 0 Å². The van der Waals surface area contributed by atoms with Gasteiger partial charge in [0.15, 0.2) is 0 Å². The van der Waals surface area contributed by atoms with Crippen LogP contribution in [-0.2, 0) is 16.0 Å². The van der Waals surface area contributed by atoms with Gasteiger partial charge in [-0.25, -0.2) is 4.79 Å². The standard InChI is InChI=1S/C16H16N2O3/c1-21-16(20)13-7-2-3-8-14(13)18-15(19)10-11-5-4-6-12(17)9-11/h2-9H,10,17H2,1H3,(H,18,19). The fourth-order valence-electron chi connectivity index (χ4n) is 1.96. The summed E-state index contributed by atoms with van der Waals surface area (Å²) in [4.78, 5) is 23.7. The van der Waals surface area contributed by atoms with Crippen LogP contribution in [0.4, 0.5) is 11.4 Å². The van der Waals surface area contributed by atoms with Crippen molar-refractivity contribution in [2.75, 3.05) is 18.2 Å². The Hall–Kier alpha value is -2.82. The highest BCUT2D eigenvalue weighted by Gasteiger charge is 2.13. The molecule has 0 spiro atoms. The molecule has 0 bridgehead atoms. The lowest BCUT2D eigenvalue weighted by atomic mass is 10.1. The number of esters is 1. The van der Waals surface area contributed by atoms with Crippen LogP contribution in [-0.4, -0.2) is 19.0 Å². The van der Waals surface area contributed by atoms with Gasteiger partial charge in [0.25, 0.3) is 0 Å². The minimum atomic E-state index is -0.491. The van der Waals surface area contributed by atoms with E-state index in [1.54, 1.807) is 42.5 Å². The average molecular weight is 284 g/mol. The molecule has 0 saturated heterocycles. The van der Waals surface area contributed by atoms with Gasteiger partial charge in [0, 0.05) is 5.69 Å². The summed E-state index contributed by atoms with van der Waals surface area (Å²) in [6.07, 6.45) is 0.181. The Morgan fingerprint density at radius 1 is 1.14 bits per heavy atom. The predicted molar refractivity (Wildman–Crippen MR) is 81.0 cm³/mol. The molecule has 0 aliphatic heterocycles. The summed E-state index contributed by atoms with van der Waals surface area (Å²) in [5.41, 5.74) is 7.84. The normalized spacial score (nSPS) is 9.95. The molecule has 108 valence electrons. The predicted octanol–water partition coefficient (Wildman–Crippen LogP) is 2.24. The number of methoxy groups -OCH3 is 1. The Balaban J connectivity index is 2.11. The zero-order valence-electron chi connectivity index (χ0n) is 11.6. The Kier molecular flexibility index (Phi) is 4.56. The quantitative estimate of drug-likeness (QED) is 0.666. The highest BCUT2D eigenvalue weighted by Crippen LogP contribution is 2.16. The van der Waals surface area contributed by atoms with E-state index in [1.165, 1.54) is 7.11 Å². The van der Waals surface area contributed by atoms with E-state index in [-0.39, 0.29) is 12.3 Å². The van der Waals surface area contributed by atoms with Crippen molar-refractivity contribution in [1.29, 1.82) is 0 Å². The molecule has 3 N–H and O–H groups in total. The van der Waals surface area contributed by atoms with Crippen LogP contribution in [0.5, 0.6) is 0 Å². The second-order valence-corrected chi connectivity index (χ2v) is 4.51. The number of hydrogen-bond acceptors (Lipinski definition) is 4. The molecule has 5 heteroatoms. The van der Waals surface area contributed by atoms with Crippen molar-refractivity contribution < 1.29 is 14.3 Å². The number of carbonyl (C=O) groups excluding carboxylic acids is 2. The Labute approximate surface area is 122 Å². The van der Waals surface area contributed by atoms with Gasteiger partial charge < -0.3 is 15.8 Å². The van der Waals surface area contributed by atoms with E-state index >= 15 is 0 Å². The SMILES string of the molecule is COC(=O)c1ccccc1NC(=O)Cc1cccc(N)c1. The van der Waals surface area contributed by atoms with Gasteiger partial charge in [-0.1, -0.05) is 24.3 Å². The molecule has 0 aliphatic rings. The van der Waals surface area contributed by atoms with Gasteiger partial charge >= 0.3 is 5.97 Å². The van der Waals surface area contributed by atoms with Crippen LogP contribution in [0.1, 0.15) is 15.9 Å². The van der Waals surface area contributed by atoms with E-state index in [9.17, 15) is 9.59 Å². The number of nitrogens with two attached hydrogens (primary N) is 1. The lowest BCUT2D eigenvalue weighted by Crippen LogP contribution is -2.17. The second-order valence-electron chi connectivity index (χ2n) is 4.51. The van der Waals surface area contributed by atoms with Crippen LogP contribution in [0, 0.1) is 0 Å². The fraction of sp³-hybridized carbons (Fsp3) is 0.125. The molecular weight excluding hydrogens is 268 g/mol. The van der Waals surface area contributed by atoms with Crippen LogP contribution >= 0.6 is 0 Å². The fourth-order valence-corrected chi connectivity index (χ4v) is 1.96. The van der Waals surface area contributed by atoms with E-state index in [4.69, 9.17) is 5.73 Å². The number of nitrogens with one attached hydrogen (secondary N) is 1. The highest BCUT2D eigenvalue weighted by atomic mass is 16.5. The van der Waals surface area contributed by atoms with Crippen molar-refractivity contribution in [1.82, 2.24) is 0 Å². The topological polar surface area (TPSA) is 81.4 Å². The minimum Gasteiger partial charge on any atom is -0.465 e. The van der Waals surface area contributed by atoms with Crippen molar-refractivity contribution in [3.05, 3.63) is 59.7 Å². The summed E-state index contributed by atoms with van der Waals surface area (Å²) in [5.74, 6) is -0.716. The molecule has 21 heavy (non-hydrogen) atoms. The molecule has 0 saturated carbocycles. The van der Waals surface area contributed by atoms with E-state index in [1.807, 2.05) is 6.07 Å². The average Bonchev–Trinajstić information content (AvgIpc) is 2.47. The Morgan fingerprint density at radius 3 is 2.62 bits per heavy atom. The van der Waals surface area contributed by atoms with Crippen molar-refractivity contribution in [2.24, 2.45) is 0 Å². The molecule has 0 atom stereocenters. The second kappa shape index (κ2) is 6.56. The van der Waals surface area contributed by atoms with Crippen LogP contribution in [0.25, 0.3) is 0 Å². The third kappa shape index (κ3) is 3.82. The van der Waals surface area contributed by atoms with E-state index in [2.05, 4.69) is 10.1 Å². The number of hydrogen-bond donors (Lipinski definition) is 2. The number of benzene rings is 2. The largest absolute Gasteiger partial charge is 0.465 e. The maximum atomic E-state index is 12.1. The first-order valence-electron chi connectivity index (χ1n) is 6.42. The molecule has 2 aromatic rings. The summed E-state index contributed by atoms with van der Waals surface area (Å²) >= 11 is 0. The Bertz CT molecular complexity index is 668. The highest BCUT2D eigenvalue weighted by molar-refractivity contribution is 6.01. The van der Waals surface area contributed by atoms with Crippen LogP contribution in [0.15, 0.2) is 48.5 Å². The smallest absolute Gasteiger partial charge is 0.339 e. The number of amides is 1. The van der Waals surface area contributed by atoms with E-state index < -0.39 is 5.97 Å². The summed E-state index contributed by atoms with van der Waals surface area (Å²) in [6, 6.07) is 13.8. The summed E-state index contributed by atoms with van der Waals surface area (Å²) in [6.45, 7) is 0. The third-order valence-electron chi connectivity index (χ3n) is 2.92. The van der Waals surface area contributed by atoms with Gasteiger partial charge in [-0.05, 0) is 29.8 Å². The molecule has 5 nitrogen and oxygen atoms in total. The van der Waals surface area contributed by atoms with E-state index in [0.29, 0.717) is 16.9 Å². The van der Waals surface area contributed by atoms with Crippen molar-refractivity contribution in [3.8, 4) is 0 Å². The molecule has 2 rings (SSSR count). The van der Waals surface area contributed by atoms with Crippen LogP contribution in [0.3, 0.4) is 0 Å². The van der Waals surface area contributed by atoms with Gasteiger partial charge in [0.2, 0.25) is 5.91 Å². The van der Waals surface area contributed by atoms with Crippen LogP contribution < -0.4 is 11.1 Å². The molecule has 0 aliphatic carbocycles. The maximum Gasteiger partial charge on any atom is 0.339 e. The number of nitrogen functional groups attached to an aromatic ring is 1. The molecule has 1 amide bonds. The molecule has 0 aromatic heterocycles. The number of ether oxygens (including phenoxy) is 1. The molecule has 0 unspecified atom stereocenters. The zero-order valence-corrected chi connectivity index (χ0v) is 11.6. The summed E-state index contributed by atoms with van der Waals surface area (Å²) < 4.78 is 4.69. The first kappa shape index (κ1) is 14.6. The van der Waals surface area contributed by atoms with Gasteiger partial charge in [0.1, 0.15) is 0 Å². The third-order valence-corrected chi connectivity index (χ3v) is 2.92. The minimum absolute atomic E-state index is 0.181. The van der Waals surface area contributed by atoms with Crippen LogP contribution in [0.2, 0.25) is 0 Å². The van der Waals surface area contributed by atoms with Gasteiger partial charge in [-0.3, -0.25) is 4.79 Å². The van der Waals surface area contributed by atoms with Crippen molar-refractivity contribution in [2.45, 2.75) is 6.42 Å². The van der Waals surface area contributed by atoms with Crippen molar-refractivity contribution in [3.63, 3.8) is 0 Å². The number of carbonyl (C=O) groups is 2. The Morgan fingerprint density at radius 2 is 1.90 bits per heavy atom. The molecule has 0 heterocycles. The zero-order chi connectivity index (χ0) is 15.2. The van der Waals surface area contributed by atoms with Gasteiger partial charge in [0.05, 0.1) is 24.8 Å². The molecular formula is C16H16N2O3.